The Morgan fingerprint density at radius 3 is 2.57 bits per heavy atom. The van der Waals surface area contributed by atoms with Crippen molar-refractivity contribution in [2.75, 3.05) is 45.9 Å². The van der Waals surface area contributed by atoms with Crippen LogP contribution in [0.25, 0.3) is 0 Å². The number of nitrogens with zero attached hydrogens (tertiary/aromatic N) is 2. The Balaban J connectivity index is 1.11. The van der Waals surface area contributed by atoms with E-state index in [9.17, 15) is 22.4 Å². The Morgan fingerprint density at radius 1 is 1.02 bits per heavy atom. The molecule has 228 valence electrons. The SMILES string of the molecule is O=C(NCCN1CCC2(CCCCc3ccccc3OCCNC2=O)CC1)C1CCCN1S(=O)(=O)c1ccc(F)cc1. The smallest absolute Gasteiger partial charge is 0.243 e. The van der Waals surface area contributed by atoms with Crippen molar-refractivity contribution in [3.8, 4) is 5.75 Å². The topological polar surface area (TPSA) is 108 Å². The highest BCUT2D eigenvalue weighted by Crippen LogP contribution is 2.37. The van der Waals surface area contributed by atoms with Crippen molar-refractivity contribution in [2.24, 2.45) is 5.41 Å². The zero-order valence-corrected chi connectivity index (χ0v) is 24.8. The molecule has 3 aliphatic rings. The third-order valence-electron chi connectivity index (χ3n) is 8.92. The average Bonchev–Trinajstić information content (AvgIpc) is 3.50. The van der Waals surface area contributed by atoms with Crippen LogP contribution in [-0.4, -0.2) is 81.4 Å². The molecule has 0 radical (unpaired) electrons. The second-order valence-corrected chi connectivity index (χ2v) is 13.5. The van der Waals surface area contributed by atoms with Crippen LogP contribution in [0, 0.1) is 11.2 Å². The first-order chi connectivity index (χ1) is 20.3. The van der Waals surface area contributed by atoms with E-state index in [0.717, 1.165) is 69.5 Å². The molecule has 2 aromatic carbocycles. The monoisotopic (exact) mass is 600 g/mol. The summed E-state index contributed by atoms with van der Waals surface area (Å²) in [4.78, 5) is 28.6. The first kappa shape index (κ1) is 30.4. The number of ether oxygens (including phenoxy) is 1. The minimum Gasteiger partial charge on any atom is -0.491 e. The number of para-hydroxylation sites is 1. The van der Waals surface area contributed by atoms with Crippen LogP contribution in [0.1, 0.15) is 50.5 Å². The fourth-order valence-electron chi connectivity index (χ4n) is 6.43. The van der Waals surface area contributed by atoms with E-state index in [2.05, 4.69) is 21.6 Å². The number of hydrogen-bond acceptors (Lipinski definition) is 6. The van der Waals surface area contributed by atoms with E-state index in [-0.39, 0.29) is 23.3 Å². The molecule has 2 aromatic rings. The summed E-state index contributed by atoms with van der Waals surface area (Å²) >= 11 is 0. The summed E-state index contributed by atoms with van der Waals surface area (Å²) in [5.41, 5.74) is 0.821. The molecule has 3 aliphatic heterocycles. The molecule has 0 aromatic heterocycles. The maximum Gasteiger partial charge on any atom is 0.243 e. The Hall–Kier alpha value is -3.02. The van der Waals surface area contributed by atoms with Crippen LogP contribution in [0.4, 0.5) is 4.39 Å². The van der Waals surface area contributed by atoms with Gasteiger partial charge in [0.25, 0.3) is 0 Å². The van der Waals surface area contributed by atoms with Gasteiger partial charge in [-0.3, -0.25) is 9.59 Å². The summed E-state index contributed by atoms with van der Waals surface area (Å²) in [7, 11) is -3.90. The molecule has 0 aliphatic carbocycles. The molecule has 2 amide bonds. The number of likely N-dealkylation sites (tertiary alicyclic amines) is 1. The summed E-state index contributed by atoms with van der Waals surface area (Å²) in [6.07, 6.45) is 6.32. The van der Waals surface area contributed by atoms with E-state index in [1.54, 1.807) is 0 Å². The third kappa shape index (κ3) is 6.95. The highest BCUT2D eigenvalue weighted by atomic mass is 32.2. The number of amides is 2. The molecule has 1 spiro atoms. The molecule has 1 atom stereocenters. The molecule has 3 heterocycles. The van der Waals surface area contributed by atoms with Crippen LogP contribution >= 0.6 is 0 Å². The lowest BCUT2D eigenvalue weighted by molar-refractivity contribution is -0.134. The van der Waals surface area contributed by atoms with E-state index >= 15 is 0 Å². The minimum absolute atomic E-state index is 0.0149. The number of sulfonamides is 1. The van der Waals surface area contributed by atoms with Gasteiger partial charge in [-0.15, -0.1) is 0 Å². The number of carbonyl (C=O) groups is 2. The number of piperidine rings is 1. The minimum atomic E-state index is -3.90. The number of aryl methyl sites for hydroxylation is 1. The Kier molecular flexibility index (Phi) is 9.80. The van der Waals surface area contributed by atoms with E-state index in [0.29, 0.717) is 39.1 Å². The number of benzene rings is 2. The maximum absolute atomic E-state index is 13.3. The van der Waals surface area contributed by atoms with Gasteiger partial charge in [0.2, 0.25) is 21.8 Å². The second kappa shape index (κ2) is 13.5. The molecular weight excluding hydrogens is 559 g/mol. The quantitative estimate of drug-likeness (QED) is 0.528. The molecule has 42 heavy (non-hydrogen) atoms. The molecule has 0 saturated carbocycles. The summed E-state index contributed by atoms with van der Waals surface area (Å²) in [6.45, 7) is 3.72. The number of carbonyl (C=O) groups excluding carboxylic acids is 2. The Labute approximate surface area is 247 Å². The van der Waals surface area contributed by atoms with Gasteiger partial charge in [-0.1, -0.05) is 24.6 Å². The predicted octanol–water partition coefficient (Wildman–Crippen LogP) is 3.10. The van der Waals surface area contributed by atoms with Crippen LogP contribution in [0.5, 0.6) is 5.75 Å². The van der Waals surface area contributed by atoms with Gasteiger partial charge in [0.15, 0.2) is 0 Å². The maximum atomic E-state index is 13.3. The van der Waals surface area contributed by atoms with Gasteiger partial charge >= 0.3 is 0 Å². The van der Waals surface area contributed by atoms with Gasteiger partial charge in [-0.25, -0.2) is 12.8 Å². The van der Waals surface area contributed by atoms with Crippen molar-refractivity contribution in [3.05, 3.63) is 59.9 Å². The molecule has 2 N–H and O–H groups in total. The Morgan fingerprint density at radius 2 is 1.79 bits per heavy atom. The number of rotatable bonds is 6. The molecule has 2 saturated heterocycles. The van der Waals surface area contributed by atoms with Gasteiger partial charge < -0.3 is 20.3 Å². The summed E-state index contributed by atoms with van der Waals surface area (Å²) in [5, 5.41) is 6.04. The number of fused-ring (bicyclic) bond motifs is 1. The van der Waals surface area contributed by atoms with E-state index < -0.39 is 27.3 Å². The average molecular weight is 601 g/mol. The van der Waals surface area contributed by atoms with E-state index in [1.807, 2.05) is 18.2 Å². The number of hydrogen-bond donors (Lipinski definition) is 2. The van der Waals surface area contributed by atoms with Gasteiger partial charge in [-0.05, 0) is 93.9 Å². The fraction of sp³-hybridized carbons (Fsp3) is 0.548. The zero-order chi connectivity index (χ0) is 29.6. The molecule has 11 heteroatoms. The van der Waals surface area contributed by atoms with E-state index in [4.69, 9.17) is 4.74 Å². The van der Waals surface area contributed by atoms with Gasteiger partial charge in [0.1, 0.15) is 24.2 Å². The summed E-state index contributed by atoms with van der Waals surface area (Å²) in [6, 6.07) is 12.0. The lowest BCUT2D eigenvalue weighted by Gasteiger charge is -2.41. The van der Waals surface area contributed by atoms with Crippen molar-refractivity contribution in [2.45, 2.75) is 62.3 Å². The third-order valence-corrected chi connectivity index (χ3v) is 10.8. The lowest BCUT2D eigenvalue weighted by atomic mass is 9.73. The largest absolute Gasteiger partial charge is 0.491 e. The molecule has 5 rings (SSSR count). The van der Waals surface area contributed by atoms with Crippen molar-refractivity contribution in [1.82, 2.24) is 19.8 Å². The number of nitrogens with one attached hydrogen (secondary N) is 2. The van der Waals surface area contributed by atoms with Gasteiger partial charge in [-0.2, -0.15) is 4.31 Å². The molecule has 1 unspecified atom stereocenters. The van der Waals surface area contributed by atoms with Crippen LogP contribution < -0.4 is 15.4 Å². The van der Waals surface area contributed by atoms with Crippen molar-refractivity contribution in [3.63, 3.8) is 0 Å². The van der Waals surface area contributed by atoms with E-state index in [1.165, 1.54) is 22.0 Å². The zero-order valence-electron chi connectivity index (χ0n) is 24.0. The van der Waals surface area contributed by atoms with Crippen LogP contribution in [0.2, 0.25) is 0 Å². The molecule has 2 fully saturated rings. The van der Waals surface area contributed by atoms with Crippen LogP contribution in [0.15, 0.2) is 53.4 Å². The first-order valence-corrected chi connectivity index (χ1v) is 16.5. The normalized spacial score (nSPS) is 22.3. The highest BCUT2D eigenvalue weighted by Gasteiger charge is 2.41. The number of halogens is 1. The summed E-state index contributed by atoms with van der Waals surface area (Å²) in [5.74, 6) is 0.185. The Bertz CT molecular complexity index is 1350. The van der Waals surface area contributed by atoms with Crippen molar-refractivity contribution < 1.29 is 27.1 Å². The predicted molar refractivity (Wildman–Crippen MR) is 157 cm³/mol. The van der Waals surface area contributed by atoms with Crippen LogP contribution in [-0.2, 0) is 26.0 Å². The lowest BCUT2D eigenvalue weighted by Crippen LogP contribution is -2.51. The molecule has 0 bridgehead atoms. The van der Waals surface area contributed by atoms with Crippen LogP contribution in [0.3, 0.4) is 0 Å². The second-order valence-electron chi connectivity index (χ2n) is 11.6. The van der Waals surface area contributed by atoms with Crippen molar-refractivity contribution >= 4 is 21.8 Å². The van der Waals surface area contributed by atoms with Gasteiger partial charge in [0, 0.05) is 19.6 Å². The van der Waals surface area contributed by atoms with Crippen molar-refractivity contribution in [1.29, 1.82) is 0 Å². The molecular formula is C31H41FN4O5S. The summed E-state index contributed by atoms with van der Waals surface area (Å²) < 4.78 is 46.7. The standard InChI is InChI=1S/C31H41FN4O5S/c32-25-10-12-26(13-11-25)42(39,40)36-19-5-8-27(36)29(37)33-17-22-35-20-15-31(16-21-35)14-4-3-7-24-6-1-2-9-28(24)41-23-18-34-30(31)38/h1-2,6,9-13,27H,3-5,7-8,14-23H2,(H,33,37)(H,34,38). The highest BCUT2D eigenvalue weighted by molar-refractivity contribution is 7.89. The van der Waals surface area contributed by atoms with Gasteiger partial charge in [0.05, 0.1) is 16.9 Å². The first-order valence-electron chi connectivity index (χ1n) is 15.1. The molecule has 9 nitrogen and oxygen atoms in total. The fourth-order valence-corrected chi connectivity index (χ4v) is 8.08.